The molecule has 0 fully saturated rings. The molecule has 1 aromatic carbocycles. The summed E-state index contributed by atoms with van der Waals surface area (Å²) < 4.78 is 13.0. The summed E-state index contributed by atoms with van der Waals surface area (Å²) in [5.41, 5.74) is 2.06. The van der Waals surface area contributed by atoms with E-state index in [1.165, 1.54) is 6.07 Å². The van der Waals surface area contributed by atoms with Crippen molar-refractivity contribution in [3.8, 4) is 0 Å². The highest BCUT2D eigenvalue weighted by molar-refractivity contribution is 5.81. The molecular weight excluding hydrogens is 267 g/mol. The standard InChI is InChI=1S/C17H27FN2O/c1-5-16(6-2)20-17(21)13(4)19-10-9-14-7-8-15(18)11-12(14)3/h7-8,11,13,16,19H,5-6,9-10H2,1-4H3,(H,20,21). The van der Waals surface area contributed by atoms with E-state index in [1.54, 1.807) is 12.1 Å². The third kappa shape index (κ3) is 5.84. The summed E-state index contributed by atoms with van der Waals surface area (Å²) in [5.74, 6) is -0.165. The van der Waals surface area contributed by atoms with Gasteiger partial charge in [0.1, 0.15) is 5.82 Å². The van der Waals surface area contributed by atoms with E-state index in [0.29, 0.717) is 6.54 Å². The number of halogens is 1. The molecule has 0 aliphatic carbocycles. The first-order valence-corrected chi connectivity index (χ1v) is 7.76. The van der Waals surface area contributed by atoms with Gasteiger partial charge in [-0.25, -0.2) is 4.39 Å². The molecule has 118 valence electrons. The van der Waals surface area contributed by atoms with Gasteiger partial charge in [-0.15, -0.1) is 0 Å². The molecule has 0 heterocycles. The second-order valence-electron chi connectivity index (χ2n) is 5.52. The molecule has 0 saturated carbocycles. The van der Waals surface area contributed by atoms with Crippen molar-refractivity contribution < 1.29 is 9.18 Å². The molecule has 1 unspecified atom stereocenters. The van der Waals surface area contributed by atoms with Crippen molar-refractivity contribution in [3.63, 3.8) is 0 Å². The SMILES string of the molecule is CCC(CC)NC(=O)C(C)NCCc1ccc(F)cc1C. The van der Waals surface area contributed by atoms with Gasteiger partial charge in [0.05, 0.1) is 6.04 Å². The van der Waals surface area contributed by atoms with Crippen LogP contribution < -0.4 is 10.6 Å². The Morgan fingerprint density at radius 2 is 1.95 bits per heavy atom. The number of rotatable bonds is 8. The molecule has 0 bridgehead atoms. The monoisotopic (exact) mass is 294 g/mol. The molecule has 2 N–H and O–H groups in total. The molecule has 0 aliphatic heterocycles. The average Bonchev–Trinajstić information content (AvgIpc) is 2.46. The van der Waals surface area contributed by atoms with Gasteiger partial charge in [-0.2, -0.15) is 0 Å². The van der Waals surface area contributed by atoms with Gasteiger partial charge in [-0.3, -0.25) is 4.79 Å². The molecular formula is C17H27FN2O. The van der Waals surface area contributed by atoms with Crippen LogP contribution in [0.2, 0.25) is 0 Å². The number of carbonyl (C=O) groups excluding carboxylic acids is 1. The summed E-state index contributed by atoms with van der Waals surface area (Å²) in [6.07, 6.45) is 2.68. The van der Waals surface area contributed by atoms with Gasteiger partial charge in [0.15, 0.2) is 0 Å². The lowest BCUT2D eigenvalue weighted by molar-refractivity contribution is -0.123. The first-order valence-electron chi connectivity index (χ1n) is 7.76. The summed E-state index contributed by atoms with van der Waals surface area (Å²) in [4.78, 5) is 12.0. The summed E-state index contributed by atoms with van der Waals surface area (Å²) >= 11 is 0. The fraction of sp³-hybridized carbons (Fsp3) is 0.588. The van der Waals surface area contributed by atoms with E-state index in [1.807, 2.05) is 13.8 Å². The zero-order valence-electron chi connectivity index (χ0n) is 13.5. The predicted molar refractivity (Wildman–Crippen MR) is 84.8 cm³/mol. The molecule has 1 rings (SSSR count). The first-order chi connectivity index (χ1) is 9.97. The summed E-state index contributed by atoms with van der Waals surface area (Å²) in [6, 6.07) is 4.86. The normalized spacial score (nSPS) is 12.5. The molecule has 0 radical (unpaired) electrons. The van der Waals surface area contributed by atoms with E-state index in [9.17, 15) is 9.18 Å². The summed E-state index contributed by atoms with van der Waals surface area (Å²) in [5, 5.41) is 6.25. The van der Waals surface area contributed by atoms with Crippen molar-refractivity contribution in [2.45, 2.75) is 59.0 Å². The number of carbonyl (C=O) groups is 1. The molecule has 4 heteroatoms. The molecule has 21 heavy (non-hydrogen) atoms. The molecule has 0 aliphatic rings. The Labute approximate surface area is 127 Å². The van der Waals surface area contributed by atoms with Crippen LogP contribution in [-0.2, 0) is 11.2 Å². The van der Waals surface area contributed by atoms with Crippen LogP contribution in [0.25, 0.3) is 0 Å². The van der Waals surface area contributed by atoms with Gasteiger partial charge >= 0.3 is 0 Å². The Balaban J connectivity index is 2.39. The molecule has 1 atom stereocenters. The molecule has 3 nitrogen and oxygen atoms in total. The zero-order valence-corrected chi connectivity index (χ0v) is 13.5. The van der Waals surface area contributed by atoms with Crippen molar-refractivity contribution >= 4 is 5.91 Å². The quantitative estimate of drug-likeness (QED) is 0.774. The van der Waals surface area contributed by atoms with Gasteiger partial charge in [-0.1, -0.05) is 19.9 Å². The highest BCUT2D eigenvalue weighted by atomic mass is 19.1. The van der Waals surface area contributed by atoms with Crippen molar-refractivity contribution in [3.05, 3.63) is 35.1 Å². The second kappa shape index (κ2) is 8.78. The van der Waals surface area contributed by atoms with E-state index in [-0.39, 0.29) is 23.8 Å². The molecule has 0 saturated heterocycles. The van der Waals surface area contributed by atoms with Gasteiger partial charge in [0.25, 0.3) is 0 Å². The molecule has 0 spiro atoms. The van der Waals surface area contributed by atoms with Crippen LogP contribution in [0.5, 0.6) is 0 Å². The number of benzene rings is 1. The summed E-state index contributed by atoms with van der Waals surface area (Å²) in [6.45, 7) is 8.62. The zero-order chi connectivity index (χ0) is 15.8. The number of hydrogen-bond acceptors (Lipinski definition) is 2. The lowest BCUT2D eigenvalue weighted by Gasteiger charge is -2.19. The van der Waals surface area contributed by atoms with Crippen molar-refractivity contribution in [1.29, 1.82) is 0 Å². The van der Waals surface area contributed by atoms with Crippen LogP contribution in [0.4, 0.5) is 4.39 Å². The minimum atomic E-state index is -0.216. The smallest absolute Gasteiger partial charge is 0.237 e. The van der Waals surface area contributed by atoms with Crippen molar-refractivity contribution in [2.75, 3.05) is 6.54 Å². The Morgan fingerprint density at radius 1 is 1.29 bits per heavy atom. The van der Waals surface area contributed by atoms with Crippen LogP contribution in [0.15, 0.2) is 18.2 Å². The highest BCUT2D eigenvalue weighted by Gasteiger charge is 2.15. The first kappa shape index (κ1) is 17.6. The average molecular weight is 294 g/mol. The maximum Gasteiger partial charge on any atom is 0.237 e. The maximum atomic E-state index is 13.0. The largest absolute Gasteiger partial charge is 0.352 e. The van der Waals surface area contributed by atoms with E-state index in [2.05, 4.69) is 24.5 Å². The number of hydrogen-bond donors (Lipinski definition) is 2. The van der Waals surface area contributed by atoms with E-state index in [0.717, 1.165) is 30.4 Å². The van der Waals surface area contributed by atoms with E-state index < -0.39 is 0 Å². The van der Waals surface area contributed by atoms with Crippen LogP contribution in [0.3, 0.4) is 0 Å². The Hall–Kier alpha value is -1.42. The minimum absolute atomic E-state index is 0.0412. The van der Waals surface area contributed by atoms with Gasteiger partial charge in [0, 0.05) is 6.04 Å². The van der Waals surface area contributed by atoms with Crippen LogP contribution in [0.1, 0.15) is 44.7 Å². The number of nitrogens with one attached hydrogen (secondary N) is 2. The van der Waals surface area contributed by atoms with Crippen molar-refractivity contribution in [1.82, 2.24) is 10.6 Å². The molecule has 0 aromatic heterocycles. The van der Waals surface area contributed by atoms with Gasteiger partial charge < -0.3 is 10.6 Å². The maximum absolute atomic E-state index is 13.0. The lowest BCUT2D eigenvalue weighted by atomic mass is 10.1. The lowest BCUT2D eigenvalue weighted by Crippen LogP contribution is -2.46. The number of amides is 1. The fourth-order valence-corrected chi connectivity index (χ4v) is 2.27. The molecule has 1 amide bonds. The highest BCUT2D eigenvalue weighted by Crippen LogP contribution is 2.10. The fourth-order valence-electron chi connectivity index (χ4n) is 2.27. The summed E-state index contributed by atoms with van der Waals surface area (Å²) in [7, 11) is 0. The van der Waals surface area contributed by atoms with Gasteiger partial charge in [-0.05, 0) is 62.9 Å². The molecule has 1 aromatic rings. The van der Waals surface area contributed by atoms with Crippen LogP contribution in [0, 0.1) is 12.7 Å². The van der Waals surface area contributed by atoms with Crippen molar-refractivity contribution in [2.24, 2.45) is 0 Å². The Kier molecular flexibility index (Phi) is 7.37. The Bertz CT molecular complexity index is 458. The Morgan fingerprint density at radius 3 is 2.52 bits per heavy atom. The third-order valence-corrected chi connectivity index (χ3v) is 3.87. The second-order valence-corrected chi connectivity index (χ2v) is 5.52. The van der Waals surface area contributed by atoms with Crippen LogP contribution in [-0.4, -0.2) is 24.5 Å². The van der Waals surface area contributed by atoms with E-state index >= 15 is 0 Å². The van der Waals surface area contributed by atoms with E-state index in [4.69, 9.17) is 0 Å². The minimum Gasteiger partial charge on any atom is -0.352 e. The van der Waals surface area contributed by atoms with Gasteiger partial charge in [0.2, 0.25) is 5.91 Å². The third-order valence-electron chi connectivity index (χ3n) is 3.87. The topological polar surface area (TPSA) is 41.1 Å². The number of aryl methyl sites for hydroxylation is 1. The van der Waals surface area contributed by atoms with Crippen LogP contribution >= 0.6 is 0 Å². The predicted octanol–water partition coefficient (Wildman–Crippen LogP) is 2.96.